The summed E-state index contributed by atoms with van der Waals surface area (Å²) >= 11 is 0. The van der Waals surface area contributed by atoms with Gasteiger partial charge in [-0.2, -0.15) is 5.26 Å². The van der Waals surface area contributed by atoms with Crippen LogP contribution in [0.3, 0.4) is 0 Å². The van der Waals surface area contributed by atoms with Crippen molar-refractivity contribution < 1.29 is 9.18 Å². The molecule has 6 nitrogen and oxygen atoms in total. The first-order chi connectivity index (χ1) is 12.6. The summed E-state index contributed by atoms with van der Waals surface area (Å²) in [5, 5.41) is 14.3. The van der Waals surface area contributed by atoms with Gasteiger partial charge in [-0.1, -0.05) is 24.3 Å². The monoisotopic (exact) mass is 349 g/mol. The van der Waals surface area contributed by atoms with Gasteiger partial charge in [0, 0.05) is 25.5 Å². The molecule has 0 bridgehead atoms. The summed E-state index contributed by atoms with van der Waals surface area (Å²) in [7, 11) is 0. The van der Waals surface area contributed by atoms with E-state index in [9.17, 15) is 9.18 Å². The van der Waals surface area contributed by atoms with Crippen molar-refractivity contribution in [3.8, 4) is 6.07 Å². The predicted octanol–water partition coefficient (Wildman–Crippen LogP) is 3.26. The van der Waals surface area contributed by atoms with Crippen molar-refractivity contribution in [1.29, 1.82) is 5.26 Å². The molecule has 0 atom stereocenters. The lowest BCUT2D eigenvalue weighted by Gasteiger charge is -2.10. The van der Waals surface area contributed by atoms with Crippen LogP contribution in [0.4, 0.5) is 14.9 Å². The quantitative estimate of drug-likeness (QED) is 0.742. The fourth-order valence-electron chi connectivity index (χ4n) is 2.50. The molecule has 26 heavy (non-hydrogen) atoms. The van der Waals surface area contributed by atoms with E-state index >= 15 is 0 Å². The first-order valence-electron chi connectivity index (χ1n) is 7.92. The van der Waals surface area contributed by atoms with Crippen molar-refractivity contribution in [3.05, 3.63) is 83.7 Å². The second-order valence-corrected chi connectivity index (χ2v) is 5.66. The molecular formula is C19H16FN5O. The van der Waals surface area contributed by atoms with Crippen LogP contribution in [0.15, 0.2) is 61.2 Å². The number of urea groups is 1. The first kappa shape index (κ1) is 17.2. The Morgan fingerprint density at radius 3 is 2.85 bits per heavy atom. The highest BCUT2D eigenvalue weighted by Crippen LogP contribution is 2.16. The number of hydrogen-bond donors (Lipinski definition) is 2. The summed E-state index contributed by atoms with van der Waals surface area (Å²) < 4.78 is 15.1. The molecule has 2 aromatic carbocycles. The fourth-order valence-corrected chi connectivity index (χ4v) is 2.50. The molecule has 0 unspecified atom stereocenters. The van der Waals surface area contributed by atoms with Crippen LogP contribution >= 0.6 is 0 Å². The number of benzene rings is 2. The summed E-state index contributed by atoms with van der Waals surface area (Å²) in [5.41, 5.74) is 2.37. The van der Waals surface area contributed by atoms with Crippen LogP contribution in [0.1, 0.15) is 16.7 Å². The molecule has 0 spiro atoms. The number of aromatic nitrogens is 2. The van der Waals surface area contributed by atoms with Gasteiger partial charge in [-0.05, 0) is 29.3 Å². The van der Waals surface area contributed by atoms with Crippen molar-refractivity contribution in [3.63, 3.8) is 0 Å². The van der Waals surface area contributed by atoms with Crippen molar-refractivity contribution in [1.82, 2.24) is 14.9 Å². The number of amides is 2. The third-order valence-electron chi connectivity index (χ3n) is 3.72. The fraction of sp³-hybridized carbons (Fsp3) is 0.105. The molecule has 2 N–H and O–H groups in total. The van der Waals surface area contributed by atoms with E-state index in [0.29, 0.717) is 13.1 Å². The number of halogens is 1. The predicted molar refractivity (Wildman–Crippen MR) is 94.7 cm³/mol. The number of carbonyl (C=O) groups is 1. The third-order valence-corrected chi connectivity index (χ3v) is 3.72. The smallest absolute Gasteiger partial charge is 0.319 e. The van der Waals surface area contributed by atoms with Crippen molar-refractivity contribution >= 4 is 11.7 Å². The Morgan fingerprint density at radius 1 is 1.23 bits per heavy atom. The Morgan fingerprint density at radius 2 is 2.08 bits per heavy atom. The number of nitrogens with one attached hydrogen (secondary N) is 2. The normalized spacial score (nSPS) is 10.2. The molecule has 1 heterocycles. The zero-order chi connectivity index (χ0) is 18.4. The summed E-state index contributed by atoms with van der Waals surface area (Å²) in [6.07, 6.45) is 5.35. The number of hydrogen-bond acceptors (Lipinski definition) is 3. The van der Waals surface area contributed by atoms with E-state index in [2.05, 4.69) is 15.6 Å². The third kappa shape index (κ3) is 4.45. The highest BCUT2D eigenvalue weighted by atomic mass is 19.1. The van der Waals surface area contributed by atoms with Crippen LogP contribution in [0.2, 0.25) is 0 Å². The van der Waals surface area contributed by atoms with E-state index in [1.54, 1.807) is 12.5 Å². The van der Waals surface area contributed by atoms with Crippen LogP contribution in [0.5, 0.6) is 0 Å². The maximum Gasteiger partial charge on any atom is 0.319 e. The van der Waals surface area contributed by atoms with Crippen LogP contribution in [-0.2, 0) is 13.1 Å². The van der Waals surface area contributed by atoms with Gasteiger partial charge < -0.3 is 15.2 Å². The Hall–Kier alpha value is -3.66. The Balaban J connectivity index is 1.59. The topological polar surface area (TPSA) is 82.7 Å². The second-order valence-electron chi connectivity index (χ2n) is 5.66. The molecule has 0 fully saturated rings. The minimum absolute atomic E-state index is 0.0717. The van der Waals surface area contributed by atoms with Crippen LogP contribution in [-0.4, -0.2) is 15.6 Å². The van der Waals surface area contributed by atoms with Gasteiger partial charge in [0.2, 0.25) is 0 Å². The zero-order valence-electron chi connectivity index (χ0n) is 13.8. The van der Waals surface area contributed by atoms with Crippen LogP contribution < -0.4 is 10.6 Å². The molecule has 0 aliphatic rings. The van der Waals surface area contributed by atoms with Gasteiger partial charge in [0.05, 0.1) is 17.6 Å². The first-order valence-corrected chi connectivity index (χ1v) is 7.92. The van der Waals surface area contributed by atoms with Gasteiger partial charge in [-0.3, -0.25) is 0 Å². The molecule has 0 saturated heterocycles. The minimum Gasteiger partial charge on any atom is -0.334 e. The summed E-state index contributed by atoms with van der Waals surface area (Å²) in [5.74, 6) is -0.526. The van der Waals surface area contributed by atoms with E-state index in [4.69, 9.17) is 5.26 Å². The summed E-state index contributed by atoms with van der Waals surface area (Å²) in [4.78, 5) is 16.1. The van der Waals surface area contributed by atoms with E-state index in [1.807, 2.05) is 41.1 Å². The number of imidazole rings is 1. The second kappa shape index (κ2) is 7.94. The molecule has 7 heteroatoms. The van der Waals surface area contributed by atoms with Crippen LogP contribution in [0.25, 0.3) is 0 Å². The van der Waals surface area contributed by atoms with Gasteiger partial charge in [-0.15, -0.1) is 0 Å². The molecule has 130 valence electrons. The van der Waals surface area contributed by atoms with Gasteiger partial charge in [-0.25, -0.2) is 14.2 Å². The molecule has 3 rings (SSSR count). The maximum absolute atomic E-state index is 13.1. The van der Waals surface area contributed by atoms with Crippen LogP contribution in [0, 0.1) is 17.1 Å². The molecule has 1 aromatic heterocycles. The summed E-state index contributed by atoms with van der Waals surface area (Å²) in [6.45, 7) is 1.02. The Kier molecular flexibility index (Phi) is 5.25. The molecule has 2 amide bonds. The van der Waals surface area contributed by atoms with Gasteiger partial charge in [0.25, 0.3) is 0 Å². The van der Waals surface area contributed by atoms with Crippen molar-refractivity contribution in [2.45, 2.75) is 13.1 Å². The molecule has 0 aliphatic heterocycles. The zero-order valence-corrected chi connectivity index (χ0v) is 13.8. The lowest BCUT2D eigenvalue weighted by atomic mass is 10.1. The number of anilines is 1. The maximum atomic E-state index is 13.1. The van der Waals surface area contributed by atoms with E-state index in [-0.39, 0.29) is 11.3 Å². The van der Waals surface area contributed by atoms with E-state index < -0.39 is 11.8 Å². The SMILES string of the molecule is N#Cc1cc(F)ccc1NC(=O)NCc1cccc(Cn2ccnc2)c1. The molecule has 0 saturated carbocycles. The number of nitriles is 1. The number of carbonyl (C=O) groups excluding carboxylic acids is 1. The largest absolute Gasteiger partial charge is 0.334 e. The highest BCUT2D eigenvalue weighted by Gasteiger charge is 2.08. The summed E-state index contributed by atoms with van der Waals surface area (Å²) in [6, 6.07) is 12.9. The molecule has 3 aromatic rings. The van der Waals surface area contributed by atoms with Crippen molar-refractivity contribution in [2.24, 2.45) is 0 Å². The van der Waals surface area contributed by atoms with E-state index in [1.165, 1.54) is 12.1 Å². The molecule has 0 aliphatic carbocycles. The average Bonchev–Trinajstić information content (AvgIpc) is 3.15. The Labute approximate surface area is 149 Å². The van der Waals surface area contributed by atoms with Crippen molar-refractivity contribution in [2.75, 3.05) is 5.32 Å². The lowest BCUT2D eigenvalue weighted by Crippen LogP contribution is -2.28. The van der Waals surface area contributed by atoms with Gasteiger partial charge >= 0.3 is 6.03 Å². The minimum atomic E-state index is -0.526. The molecule has 0 radical (unpaired) electrons. The van der Waals surface area contributed by atoms with E-state index in [0.717, 1.165) is 17.2 Å². The highest BCUT2D eigenvalue weighted by molar-refractivity contribution is 5.90. The van der Waals surface area contributed by atoms with Gasteiger partial charge in [0.1, 0.15) is 11.9 Å². The number of rotatable bonds is 5. The average molecular weight is 349 g/mol. The lowest BCUT2D eigenvalue weighted by molar-refractivity contribution is 0.251. The molecular weight excluding hydrogens is 333 g/mol. The van der Waals surface area contributed by atoms with Gasteiger partial charge in [0.15, 0.2) is 0 Å². The number of nitrogens with zero attached hydrogens (tertiary/aromatic N) is 3. The standard InChI is InChI=1S/C19H16FN5O/c20-17-4-5-18(16(9-17)10-21)24-19(26)23-11-14-2-1-3-15(8-14)12-25-7-6-22-13-25/h1-9,13H,11-12H2,(H2,23,24,26). The Bertz CT molecular complexity index is 947.